The molecule has 5 nitrogen and oxygen atoms in total. The molecule has 0 unspecified atom stereocenters. The summed E-state index contributed by atoms with van der Waals surface area (Å²) in [6, 6.07) is 5.64. The number of carboxylic acid groups (broad SMARTS) is 1. The van der Waals surface area contributed by atoms with Gasteiger partial charge in [-0.15, -0.1) is 0 Å². The Kier molecular flexibility index (Phi) is 5.56. The molecule has 1 aromatic rings. The first-order chi connectivity index (χ1) is 9.23. The van der Waals surface area contributed by atoms with Crippen LogP contribution in [0.25, 0.3) is 0 Å². The highest BCUT2D eigenvalue weighted by Gasteiger charge is 2.16. The predicted octanol–water partition coefficient (Wildman–Crippen LogP) is 2.72. The van der Waals surface area contributed by atoms with Gasteiger partial charge in [-0.1, -0.05) is 32.0 Å². The van der Waals surface area contributed by atoms with Crippen LogP contribution in [-0.4, -0.2) is 25.2 Å². The summed E-state index contributed by atoms with van der Waals surface area (Å²) in [5.74, 6) is -0.976. The largest absolute Gasteiger partial charge is 0.481 e. The number of para-hydroxylation sites is 1. The van der Waals surface area contributed by atoms with Gasteiger partial charge in [0.25, 0.3) is 0 Å². The molecule has 0 atom stereocenters. The molecular formula is C14H21NO4S. The third-order valence-corrected chi connectivity index (χ3v) is 4.33. The van der Waals surface area contributed by atoms with Crippen molar-refractivity contribution in [3.8, 4) is 0 Å². The van der Waals surface area contributed by atoms with Crippen LogP contribution in [0.3, 0.4) is 0 Å². The summed E-state index contributed by atoms with van der Waals surface area (Å²) in [4.78, 5) is 10.4. The molecule has 0 saturated carbocycles. The minimum atomic E-state index is -3.52. The fourth-order valence-corrected chi connectivity index (χ4v) is 3.15. The van der Waals surface area contributed by atoms with E-state index in [4.69, 9.17) is 5.11 Å². The SMILES string of the molecule is Cc1cccc(C(C)C)c1NS(=O)(=O)CCCC(=O)O. The first-order valence-electron chi connectivity index (χ1n) is 6.54. The Hall–Kier alpha value is -1.56. The first kappa shape index (κ1) is 16.5. The Labute approximate surface area is 120 Å². The van der Waals surface area contributed by atoms with Crippen LogP contribution < -0.4 is 4.72 Å². The van der Waals surface area contributed by atoms with E-state index in [1.807, 2.05) is 39.0 Å². The van der Waals surface area contributed by atoms with Crippen molar-refractivity contribution in [2.75, 3.05) is 10.5 Å². The monoisotopic (exact) mass is 299 g/mol. The molecule has 0 aliphatic rings. The van der Waals surface area contributed by atoms with Gasteiger partial charge in [0.05, 0.1) is 11.4 Å². The molecule has 0 aromatic heterocycles. The van der Waals surface area contributed by atoms with Gasteiger partial charge in [0.15, 0.2) is 0 Å². The van der Waals surface area contributed by atoms with Crippen molar-refractivity contribution in [1.82, 2.24) is 0 Å². The van der Waals surface area contributed by atoms with Gasteiger partial charge in [-0.3, -0.25) is 9.52 Å². The van der Waals surface area contributed by atoms with E-state index in [0.29, 0.717) is 5.69 Å². The molecule has 0 aliphatic carbocycles. The normalized spacial score (nSPS) is 11.6. The maximum absolute atomic E-state index is 12.0. The molecule has 1 aromatic carbocycles. The highest BCUT2D eigenvalue weighted by Crippen LogP contribution is 2.28. The van der Waals surface area contributed by atoms with Crippen molar-refractivity contribution in [3.63, 3.8) is 0 Å². The van der Waals surface area contributed by atoms with Gasteiger partial charge >= 0.3 is 5.97 Å². The zero-order chi connectivity index (χ0) is 15.3. The molecule has 0 saturated heterocycles. The summed E-state index contributed by atoms with van der Waals surface area (Å²) >= 11 is 0. The van der Waals surface area contributed by atoms with Crippen LogP contribution >= 0.6 is 0 Å². The Morgan fingerprint density at radius 1 is 1.35 bits per heavy atom. The third kappa shape index (κ3) is 4.85. The smallest absolute Gasteiger partial charge is 0.303 e. The van der Waals surface area contributed by atoms with Gasteiger partial charge in [0.1, 0.15) is 0 Å². The van der Waals surface area contributed by atoms with E-state index in [1.54, 1.807) is 0 Å². The van der Waals surface area contributed by atoms with Crippen molar-refractivity contribution in [1.29, 1.82) is 0 Å². The van der Waals surface area contributed by atoms with Gasteiger partial charge in [0, 0.05) is 6.42 Å². The Bertz CT molecular complexity index is 579. The summed E-state index contributed by atoms with van der Waals surface area (Å²) in [5, 5.41) is 8.55. The van der Waals surface area contributed by atoms with Crippen LogP contribution in [0.15, 0.2) is 18.2 Å². The summed E-state index contributed by atoms with van der Waals surface area (Å²) in [6.45, 7) is 5.84. The maximum atomic E-state index is 12.0. The van der Waals surface area contributed by atoms with Crippen LogP contribution in [-0.2, 0) is 14.8 Å². The van der Waals surface area contributed by atoms with Crippen molar-refractivity contribution in [2.24, 2.45) is 0 Å². The van der Waals surface area contributed by atoms with E-state index in [1.165, 1.54) is 0 Å². The Morgan fingerprint density at radius 2 is 2.00 bits per heavy atom. The molecule has 0 fully saturated rings. The van der Waals surface area contributed by atoms with Crippen LogP contribution in [0, 0.1) is 6.92 Å². The first-order valence-corrected chi connectivity index (χ1v) is 8.20. The molecule has 1 rings (SSSR count). The summed E-state index contributed by atoms with van der Waals surface area (Å²) < 4.78 is 26.6. The lowest BCUT2D eigenvalue weighted by molar-refractivity contribution is -0.137. The van der Waals surface area contributed by atoms with Gasteiger partial charge in [-0.2, -0.15) is 0 Å². The van der Waals surface area contributed by atoms with E-state index in [2.05, 4.69) is 4.72 Å². The highest BCUT2D eigenvalue weighted by molar-refractivity contribution is 7.92. The van der Waals surface area contributed by atoms with E-state index in [-0.39, 0.29) is 24.5 Å². The second-order valence-corrected chi connectivity index (χ2v) is 6.95. The number of anilines is 1. The van der Waals surface area contributed by atoms with Crippen LogP contribution in [0.5, 0.6) is 0 Å². The summed E-state index contributed by atoms with van der Waals surface area (Å²) in [5.41, 5.74) is 2.41. The number of carboxylic acids is 1. The minimum Gasteiger partial charge on any atom is -0.481 e. The number of carbonyl (C=O) groups is 1. The van der Waals surface area contributed by atoms with Crippen LogP contribution in [0.1, 0.15) is 43.7 Å². The number of sulfonamides is 1. The number of aliphatic carboxylic acids is 1. The van der Waals surface area contributed by atoms with Gasteiger partial charge < -0.3 is 5.11 Å². The molecule has 0 aliphatic heterocycles. The molecule has 0 spiro atoms. The number of hydrogen-bond donors (Lipinski definition) is 2. The lowest BCUT2D eigenvalue weighted by Gasteiger charge is -2.17. The fourth-order valence-electron chi connectivity index (χ4n) is 1.93. The minimum absolute atomic E-state index is 0.105. The molecule has 0 heterocycles. The lowest BCUT2D eigenvalue weighted by Crippen LogP contribution is -2.19. The Morgan fingerprint density at radius 3 is 2.55 bits per heavy atom. The number of aryl methyl sites for hydroxylation is 1. The second kappa shape index (κ2) is 6.74. The van der Waals surface area contributed by atoms with Crippen LogP contribution in [0.4, 0.5) is 5.69 Å². The molecule has 0 bridgehead atoms. The number of hydrogen-bond acceptors (Lipinski definition) is 3. The highest BCUT2D eigenvalue weighted by atomic mass is 32.2. The predicted molar refractivity (Wildman–Crippen MR) is 79.5 cm³/mol. The van der Waals surface area contributed by atoms with Crippen LogP contribution in [0.2, 0.25) is 0 Å². The molecule has 0 amide bonds. The van der Waals surface area contributed by atoms with Gasteiger partial charge in [-0.05, 0) is 30.4 Å². The molecule has 112 valence electrons. The molecular weight excluding hydrogens is 278 g/mol. The summed E-state index contributed by atoms with van der Waals surface area (Å²) in [7, 11) is -3.52. The average molecular weight is 299 g/mol. The van der Waals surface area contributed by atoms with Crippen molar-refractivity contribution < 1.29 is 18.3 Å². The average Bonchev–Trinajstić information content (AvgIpc) is 2.30. The molecule has 2 N–H and O–H groups in total. The molecule has 0 radical (unpaired) electrons. The number of nitrogens with one attached hydrogen (secondary N) is 1. The maximum Gasteiger partial charge on any atom is 0.303 e. The summed E-state index contributed by atoms with van der Waals surface area (Å²) in [6.07, 6.45) is -0.0424. The zero-order valence-electron chi connectivity index (χ0n) is 12.0. The number of benzene rings is 1. The molecule has 6 heteroatoms. The van der Waals surface area contributed by atoms with Crippen molar-refractivity contribution in [2.45, 2.75) is 39.5 Å². The number of rotatable bonds is 7. The lowest BCUT2D eigenvalue weighted by atomic mass is 9.99. The van der Waals surface area contributed by atoms with Crippen molar-refractivity contribution >= 4 is 21.7 Å². The third-order valence-electron chi connectivity index (χ3n) is 2.99. The van der Waals surface area contributed by atoms with Gasteiger partial charge in [-0.25, -0.2) is 8.42 Å². The second-order valence-electron chi connectivity index (χ2n) is 5.11. The van der Waals surface area contributed by atoms with E-state index < -0.39 is 16.0 Å². The quantitative estimate of drug-likeness (QED) is 0.811. The zero-order valence-corrected chi connectivity index (χ0v) is 12.8. The van der Waals surface area contributed by atoms with E-state index >= 15 is 0 Å². The Balaban J connectivity index is 2.89. The van der Waals surface area contributed by atoms with Gasteiger partial charge in [0.2, 0.25) is 10.0 Å². The standard InChI is InChI=1S/C14H21NO4S/c1-10(2)12-7-4-6-11(3)14(12)15-20(18,19)9-5-8-13(16)17/h4,6-7,10,15H,5,8-9H2,1-3H3,(H,16,17). The molecule has 20 heavy (non-hydrogen) atoms. The fraction of sp³-hybridized carbons (Fsp3) is 0.500. The van der Waals surface area contributed by atoms with E-state index in [9.17, 15) is 13.2 Å². The van der Waals surface area contributed by atoms with E-state index in [0.717, 1.165) is 11.1 Å². The van der Waals surface area contributed by atoms with Crippen molar-refractivity contribution in [3.05, 3.63) is 29.3 Å². The topological polar surface area (TPSA) is 83.5 Å².